The van der Waals surface area contributed by atoms with Gasteiger partial charge in [-0.1, -0.05) is 31.2 Å². The molecule has 0 heterocycles. The molecule has 0 aliphatic heterocycles. The van der Waals surface area contributed by atoms with E-state index in [4.69, 9.17) is 11.6 Å². The zero-order valence-electron chi connectivity index (χ0n) is 7.16. The van der Waals surface area contributed by atoms with Crippen LogP contribution in [0.25, 0.3) is 0 Å². The average molecular weight is 197 g/mol. The SMILES string of the molecule is CC(C(=O)Cl)c1ccccc1C=O. The van der Waals surface area contributed by atoms with Gasteiger partial charge in [0.1, 0.15) is 6.29 Å². The first kappa shape index (κ1) is 9.93. The van der Waals surface area contributed by atoms with Gasteiger partial charge in [-0.3, -0.25) is 9.59 Å². The van der Waals surface area contributed by atoms with E-state index in [0.29, 0.717) is 11.1 Å². The van der Waals surface area contributed by atoms with Crippen molar-refractivity contribution < 1.29 is 9.59 Å². The van der Waals surface area contributed by atoms with Crippen LogP contribution in [0.1, 0.15) is 28.8 Å². The molecule has 1 atom stereocenters. The van der Waals surface area contributed by atoms with Gasteiger partial charge in [-0.25, -0.2) is 0 Å². The molecule has 3 heteroatoms. The first-order chi connectivity index (χ1) is 6.16. The number of halogens is 1. The highest BCUT2D eigenvalue weighted by atomic mass is 35.5. The molecule has 0 bridgehead atoms. The number of aldehydes is 1. The van der Waals surface area contributed by atoms with E-state index in [1.54, 1.807) is 31.2 Å². The van der Waals surface area contributed by atoms with Crippen LogP contribution in [0.2, 0.25) is 0 Å². The molecule has 0 fully saturated rings. The minimum Gasteiger partial charge on any atom is -0.298 e. The third-order valence-electron chi connectivity index (χ3n) is 1.93. The molecule has 0 amide bonds. The Labute approximate surface area is 81.5 Å². The van der Waals surface area contributed by atoms with Crippen LogP contribution in [0, 0.1) is 0 Å². The van der Waals surface area contributed by atoms with Gasteiger partial charge in [-0.15, -0.1) is 0 Å². The molecule has 1 aromatic carbocycles. The van der Waals surface area contributed by atoms with Crippen molar-refractivity contribution >= 4 is 23.1 Å². The Morgan fingerprint density at radius 3 is 2.62 bits per heavy atom. The van der Waals surface area contributed by atoms with Crippen molar-refractivity contribution in [2.45, 2.75) is 12.8 Å². The number of carbonyl (C=O) groups is 2. The van der Waals surface area contributed by atoms with E-state index in [-0.39, 0.29) is 0 Å². The van der Waals surface area contributed by atoms with Gasteiger partial charge in [-0.2, -0.15) is 0 Å². The normalized spacial score (nSPS) is 12.2. The fourth-order valence-corrected chi connectivity index (χ4v) is 1.25. The summed E-state index contributed by atoms with van der Waals surface area (Å²) in [6.07, 6.45) is 0.728. The maximum absolute atomic E-state index is 10.9. The molecule has 0 aliphatic carbocycles. The number of carbonyl (C=O) groups excluding carboxylic acids is 2. The summed E-state index contributed by atoms with van der Waals surface area (Å²) in [5.74, 6) is -0.428. The summed E-state index contributed by atoms with van der Waals surface area (Å²) in [6, 6.07) is 6.92. The zero-order chi connectivity index (χ0) is 9.84. The largest absolute Gasteiger partial charge is 0.298 e. The average Bonchev–Trinajstić information content (AvgIpc) is 2.16. The predicted octanol–water partition coefficient (Wildman–Crippen LogP) is 2.37. The van der Waals surface area contributed by atoms with Crippen molar-refractivity contribution in [1.82, 2.24) is 0 Å². The van der Waals surface area contributed by atoms with Crippen LogP contribution in [0.4, 0.5) is 0 Å². The predicted molar refractivity (Wildman–Crippen MR) is 51.1 cm³/mol. The number of rotatable bonds is 3. The fourth-order valence-electron chi connectivity index (χ4n) is 1.13. The second-order valence-corrected chi connectivity index (χ2v) is 3.15. The van der Waals surface area contributed by atoms with Crippen molar-refractivity contribution in [3.05, 3.63) is 35.4 Å². The Hall–Kier alpha value is -1.15. The van der Waals surface area contributed by atoms with Crippen molar-refractivity contribution in [3.63, 3.8) is 0 Å². The number of benzene rings is 1. The summed E-state index contributed by atoms with van der Waals surface area (Å²) in [4.78, 5) is 21.5. The monoisotopic (exact) mass is 196 g/mol. The maximum atomic E-state index is 10.9. The summed E-state index contributed by atoms with van der Waals surface area (Å²) in [7, 11) is 0. The highest BCUT2D eigenvalue weighted by Crippen LogP contribution is 2.20. The molecule has 68 valence electrons. The molecule has 0 N–H and O–H groups in total. The van der Waals surface area contributed by atoms with E-state index >= 15 is 0 Å². The van der Waals surface area contributed by atoms with E-state index < -0.39 is 11.2 Å². The number of hydrogen-bond acceptors (Lipinski definition) is 2. The molecule has 0 saturated carbocycles. The first-order valence-electron chi connectivity index (χ1n) is 3.90. The summed E-state index contributed by atoms with van der Waals surface area (Å²) in [5.41, 5.74) is 1.20. The van der Waals surface area contributed by atoms with Crippen molar-refractivity contribution in [2.75, 3.05) is 0 Å². The smallest absolute Gasteiger partial charge is 0.228 e. The lowest BCUT2D eigenvalue weighted by molar-refractivity contribution is -0.112. The Morgan fingerprint density at radius 2 is 2.08 bits per heavy atom. The van der Waals surface area contributed by atoms with Gasteiger partial charge in [0.15, 0.2) is 0 Å². The van der Waals surface area contributed by atoms with Crippen LogP contribution in [0.15, 0.2) is 24.3 Å². The summed E-state index contributed by atoms with van der Waals surface area (Å²) in [5, 5.41) is -0.450. The summed E-state index contributed by atoms with van der Waals surface area (Å²) in [6.45, 7) is 1.68. The van der Waals surface area contributed by atoms with Gasteiger partial charge in [0, 0.05) is 5.56 Å². The molecular formula is C10H9ClO2. The molecular weight excluding hydrogens is 188 g/mol. The third-order valence-corrected chi connectivity index (χ3v) is 2.26. The topological polar surface area (TPSA) is 34.1 Å². The molecule has 1 unspecified atom stereocenters. The second-order valence-electron chi connectivity index (χ2n) is 2.77. The van der Waals surface area contributed by atoms with Crippen LogP contribution in [-0.2, 0) is 4.79 Å². The highest BCUT2D eigenvalue weighted by Gasteiger charge is 2.15. The molecule has 1 aromatic rings. The Balaban J connectivity index is 3.12. The maximum Gasteiger partial charge on any atom is 0.228 e. The molecule has 0 aliphatic rings. The summed E-state index contributed by atoms with van der Waals surface area (Å²) >= 11 is 5.34. The van der Waals surface area contributed by atoms with Gasteiger partial charge in [0.25, 0.3) is 0 Å². The lowest BCUT2D eigenvalue weighted by atomic mass is 9.97. The second kappa shape index (κ2) is 4.19. The first-order valence-corrected chi connectivity index (χ1v) is 4.28. The van der Waals surface area contributed by atoms with E-state index in [0.717, 1.165) is 6.29 Å². The molecule has 13 heavy (non-hydrogen) atoms. The fraction of sp³-hybridized carbons (Fsp3) is 0.200. The van der Waals surface area contributed by atoms with Gasteiger partial charge >= 0.3 is 0 Å². The molecule has 0 aromatic heterocycles. The van der Waals surface area contributed by atoms with E-state index in [1.165, 1.54) is 0 Å². The van der Waals surface area contributed by atoms with Crippen LogP contribution >= 0.6 is 11.6 Å². The molecule has 2 nitrogen and oxygen atoms in total. The minimum atomic E-state index is -0.450. The molecule has 1 rings (SSSR count). The number of hydrogen-bond donors (Lipinski definition) is 0. The van der Waals surface area contributed by atoms with E-state index in [2.05, 4.69) is 0 Å². The minimum absolute atomic E-state index is 0.428. The van der Waals surface area contributed by atoms with Crippen LogP contribution in [0.3, 0.4) is 0 Å². The zero-order valence-corrected chi connectivity index (χ0v) is 7.91. The van der Waals surface area contributed by atoms with Crippen LogP contribution < -0.4 is 0 Å². The van der Waals surface area contributed by atoms with Crippen molar-refractivity contribution in [1.29, 1.82) is 0 Å². The third kappa shape index (κ3) is 2.16. The molecule has 0 saturated heterocycles. The van der Waals surface area contributed by atoms with Gasteiger partial charge in [0.2, 0.25) is 5.24 Å². The van der Waals surface area contributed by atoms with E-state index in [1.807, 2.05) is 0 Å². The molecule has 0 radical (unpaired) electrons. The van der Waals surface area contributed by atoms with Crippen LogP contribution in [0.5, 0.6) is 0 Å². The quantitative estimate of drug-likeness (QED) is 0.550. The van der Waals surface area contributed by atoms with E-state index in [9.17, 15) is 9.59 Å². The summed E-state index contributed by atoms with van der Waals surface area (Å²) < 4.78 is 0. The molecule has 0 spiro atoms. The van der Waals surface area contributed by atoms with Crippen molar-refractivity contribution in [3.8, 4) is 0 Å². The van der Waals surface area contributed by atoms with Crippen LogP contribution in [-0.4, -0.2) is 11.5 Å². The van der Waals surface area contributed by atoms with Gasteiger partial charge < -0.3 is 0 Å². The lowest BCUT2D eigenvalue weighted by Crippen LogP contribution is -2.04. The highest BCUT2D eigenvalue weighted by molar-refractivity contribution is 6.64. The van der Waals surface area contributed by atoms with Crippen molar-refractivity contribution in [2.24, 2.45) is 0 Å². The Kier molecular flexibility index (Phi) is 3.20. The Bertz CT molecular complexity index is 333. The standard InChI is InChI=1S/C10H9ClO2/c1-7(10(11)13)9-5-3-2-4-8(9)6-12/h2-7H,1H3. The lowest BCUT2D eigenvalue weighted by Gasteiger charge is -2.08. The van der Waals surface area contributed by atoms with Gasteiger partial charge in [0.05, 0.1) is 5.92 Å². The Morgan fingerprint density at radius 1 is 1.46 bits per heavy atom. The van der Waals surface area contributed by atoms with Gasteiger partial charge in [-0.05, 0) is 17.2 Å².